The Bertz CT molecular complexity index is 398. The number of nitrogens with one attached hydrogen (secondary N) is 1. The van der Waals surface area contributed by atoms with Crippen molar-refractivity contribution in [2.75, 3.05) is 26.7 Å². The van der Waals surface area contributed by atoms with E-state index < -0.39 is 0 Å². The second-order valence-electron chi connectivity index (χ2n) is 5.93. The lowest BCUT2D eigenvalue weighted by Crippen LogP contribution is -2.44. The summed E-state index contributed by atoms with van der Waals surface area (Å²) >= 11 is 0. The minimum Gasteiger partial charge on any atom is -0.497 e. The Labute approximate surface area is 129 Å². The molecule has 2 unspecified atom stereocenters. The number of methoxy groups -OCH3 is 1. The zero-order valence-electron chi connectivity index (χ0n) is 13.8. The highest BCUT2D eigenvalue weighted by atomic mass is 16.5. The fourth-order valence-corrected chi connectivity index (χ4v) is 3.37. The fourth-order valence-electron chi connectivity index (χ4n) is 3.37. The molecule has 1 aliphatic heterocycles. The standard InChI is InChI=1S/C18H30N2O/c1-4-18(15-9-11-17(21-3)12-10-15)20(5-2)14-16-8-6-7-13-19-16/h9-12,16,18-19H,4-8,13-14H2,1-3H3. The zero-order chi connectivity index (χ0) is 15.1. The molecule has 2 rings (SSSR count). The normalized spacial score (nSPS) is 20.5. The van der Waals surface area contributed by atoms with E-state index in [1.54, 1.807) is 7.11 Å². The van der Waals surface area contributed by atoms with Gasteiger partial charge in [0, 0.05) is 18.6 Å². The summed E-state index contributed by atoms with van der Waals surface area (Å²) in [5.41, 5.74) is 1.40. The summed E-state index contributed by atoms with van der Waals surface area (Å²) in [4.78, 5) is 2.62. The second-order valence-corrected chi connectivity index (χ2v) is 5.93. The van der Waals surface area contributed by atoms with Gasteiger partial charge in [0.1, 0.15) is 5.75 Å². The second kappa shape index (κ2) is 8.40. The Morgan fingerprint density at radius 2 is 2.00 bits per heavy atom. The maximum Gasteiger partial charge on any atom is 0.118 e. The van der Waals surface area contributed by atoms with E-state index in [0.717, 1.165) is 25.3 Å². The largest absolute Gasteiger partial charge is 0.497 e. The summed E-state index contributed by atoms with van der Waals surface area (Å²) in [6, 6.07) is 9.74. The minimum absolute atomic E-state index is 0.504. The molecular weight excluding hydrogens is 260 g/mol. The molecule has 0 saturated carbocycles. The van der Waals surface area contributed by atoms with Crippen LogP contribution in [-0.4, -0.2) is 37.7 Å². The van der Waals surface area contributed by atoms with E-state index in [-0.39, 0.29) is 0 Å². The maximum atomic E-state index is 5.27. The summed E-state index contributed by atoms with van der Waals surface area (Å²) in [5.74, 6) is 0.936. The molecule has 0 aliphatic carbocycles. The fraction of sp³-hybridized carbons (Fsp3) is 0.667. The highest BCUT2D eigenvalue weighted by molar-refractivity contribution is 5.29. The van der Waals surface area contributed by atoms with Crippen molar-refractivity contribution >= 4 is 0 Å². The molecule has 0 aromatic heterocycles. The number of hydrogen-bond acceptors (Lipinski definition) is 3. The molecule has 1 heterocycles. The average molecular weight is 290 g/mol. The molecular formula is C18H30N2O. The molecule has 1 aromatic carbocycles. The van der Waals surface area contributed by atoms with Crippen molar-refractivity contribution in [3.05, 3.63) is 29.8 Å². The van der Waals surface area contributed by atoms with Gasteiger partial charge in [-0.2, -0.15) is 0 Å². The SMILES string of the molecule is CCC(c1ccc(OC)cc1)N(CC)CC1CCCCN1. The van der Waals surface area contributed by atoms with Crippen LogP contribution in [0.4, 0.5) is 0 Å². The van der Waals surface area contributed by atoms with E-state index in [2.05, 4.69) is 48.3 Å². The van der Waals surface area contributed by atoms with Crippen LogP contribution in [0.15, 0.2) is 24.3 Å². The van der Waals surface area contributed by atoms with Crippen molar-refractivity contribution in [3.8, 4) is 5.75 Å². The van der Waals surface area contributed by atoms with Gasteiger partial charge in [0.05, 0.1) is 7.11 Å². The van der Waals surface area contributed by atoms with Gasteiger partial charge in [-0.05, 0) is 50.0 Å². The van der Waals surface area contributed by atoms with E-state index in [1.165, 1.54) is 31.4 Å². The van der Waals surface area contributed by atoms with E-state index in [1.807, 2.05) is 0 Å². The molecule has 118 valence electrons. The number of ether oxygens (including phenoxy) is 1. The predicted molar refractivity (Wildman–Crippen MR) is 88.9 cm³/mol. The van der Waals surface area contributed by atoms with Gasteiger partial charge < -0.3 is 10.1 Å². The molecule has 1 saturated heterocycles. The molecule has 1 N–H and O–H groups in total. The molecule has 0 radical (unpaired) electrons. The van der Waals surface area contributed by atoms with E-state index in [4.69, 9.17) is 4.74 Å². The van der Waals surface area contributed by atoms with E-state index in [0.29, 0.717) is 12.1 Å². The van der Waals surface area contributed by atoms with Crippen LogP contribution >= 0.6 is 0 Å². The predicted octanol–water partition coefficient (Wildman–Crippen LogP) is 3.61. The van der Waals surface area contributed by atoms with Crippen LogP contribution < -0.4 is 10.1 Å². The summed E-state index contributed by atoms with van der Waals surface area (Å²) in [6.07, 6.45) is 5.16. The molecule has 0 spiro atoms. The number of rotatable bonds is 7. The molecule has 1 aromatic rings. The van der Waals surface area contributed by atoms with E-state index >= 15 is 0 Å². The van der Waals surface area contributed by atoms with Gasteiger partial charge in [-0.1, -0.05) is 32.4 Å². The first-order chi connectivity index (χ1) is 10.3. The van der Waals surface area contributed by atoms with Crippen molar-refractivity contribution in [2.24, 2.45) is 0 Å². The topological polar surface area (TPSA) is 24.5 Å². The molecule has 3 nitrogen and oxygen atoms in total. The molecule has 0 bridgehead atoms. The Balaban J connectivity index is 2.04. The lowest BCUT2D eigenvalue weighted by Gasteiger charge is -2.35. The van der Waals surface area contributed by atoms with Gasteiger partial charge in [-0.15, -0.1) is 0 Å². The van der Waals surface area contributed by atoms with E-state index in [9.17, 15) is 0 Å². The highest BCUT2D eigenvalue weighted by Gasteiger charge is 2.22. The third-order valence-corrected chi connectivity index (χ3v) is 4.60. The first kappa shape index (κ1) is 16.3. The number of benzene rings is 1. The molecule has 21 heavy (non-hydrogen) atoms. The van der Waals surface area contributed by atoms with Gasteiger partial charge in [0.15, 0.2) is 0 Å². The third-order valence-electron chi connectivity index (χ3n) is 4.60. The Morgan fingerprint density at radius 1 is 1.24 bits per heavy atom. The average Bonchev–Trinajstić information content (AvgIpc) is 2.56. The van der Waals surface area contributed by atoms with Crippen molar-refractivity contribution in [2.45, 2.75) is 51.6 Å². The van der Waals surface area contributed by atoms with Gasteiger partial charge in [0.25, 0.3) is 0 Å². The van der Waals surface area contributed by atoms with Crippen molar-refractivity contribution in [1.82, 2.24) is 10.2 Å². The third kappa shape index (κ3) is 4.45. The van der Waals surface area contributed by atoms with Gasteiger partial charge in [-0.3, -0.25) is 4.90 Å². The first-order valence-electron chi connectivity index (χ1n) is 8.39. The van der Waals surface area contributed by atoms with Gasteiger partial charge in [0.2, 0.25) is 0 Å². The van der Waals surface area contributed by atoms with Gasteiger partial charge in [-0.25, -0.2) is 0 Å². The Hall–Kier alpha value is -1.06. The summed E-state index contributed by atoms with van der Waals surface area (Å²) < 4.78 is 5.27. The van der Waals surface area contributed by atoms with Crippen LogP contribution in [0.3, 0.4) is 0 Å². The first-order valence-corrected chi connectivity index (χ1v) is 8.39. The molecule has 0 amide bonds. The Kier molecular flexibility index (Phi) is 6.52. The van der Waals surface area contributed by atoms with Crippen molar-refractivity contribution in [3.63, 3.8) is 0 Å². The van der Waals surface area contributed by atoms with Crippen LogP contribution in [0.25, 0.3) is 0 Å². The summed E-state index contributed by atoms with van der Waals surface area (Å²) in [6.45, 7) is 7.99. The monoisotopic (exact) mass is 290 g/mol. The number of hydrogen-bond donors (Lipinski definition) is 1. The number of piperidine rings is 1. The van der Waals surface area contributed by atoms with Crippen LogP contribution in [0.1, 0.15) is 51.1 Å². The smallest absolute Gasteiger partial charge is 0.118 e. The lowest BCUT2D eigenvalue weighted by atomic mass is 9.99. The lowest BCUT2D eigenvalue weighted by molar-refractivity contribution is 0.169. The molecule has 3 heteroatoms. The van der Waals surface area contributed by atoms with Crippen molar-refractivity contribution < 1.29 is 4.74 Å². The van der Waals surface area contributed by atoms with Crippen LogP contribution in [0.5, 0.6) is 5.75 Å². The van der Waals surface area contributed by atoms with Crippen LogP contribution in [-0.2, 0) is 0 Å². The van der Waals surface area contributed by atoms with Crippen LogP contribution in [0.2, 0.25) is 0 Å². The van der Waals surface area contributed by atoms with Crippen molar-refractivity contribution in [1.29, 1.82) is 0 Å². The zero-order valence-corrected chi connectivity index (χ0v) is 13.8. The molecule has 1 aliphatic rings. The summed E-state index contributed by atoms with van der Waals surface area (Å²) in [5, 5.41) is 3.67. The molecule has 2 atom stereocenters. The Morgan fingerprint density at radius 3 is 2.52 bits per heavy atom. The summed E-state index contributed by atoms with van der Waals surface area (Å²) in [7, 11) is 1.72. The molecule has 1 fully saturated rings. The number of likely N-dealkylation sites (N-methyl/N-ethyl adjacent to an activating group) is 1. The quantitative estimate of drug-likeness (QED) is 0.830. The number of nitrogens with zero attached hydrogens (tertiary/aromatic N) is 1. The minimum atomic E-state index is 0.504. The van der Waals surface area contributed by atoms with Crippen LogP contribution in [0, 0.1) is 0 Å². The van der Waals surface area contributed by atoms with Gasteiger partial charge >= 0.3 is 0 Å². The maximum absolute atomic E-state index is 5.27. The highest BCUT2D eigenvalue weighted by Crippen LogP contribution is 2.26.